The van der Waals surface area contributed by atoms with Crippen LogP contribution in [0.15, 0.2) is 29.2 Å². The van der Waals surface area contributed by atoms with Crippen LogP contribution >= 0.6 is 0 Å². The summed E-state index contributed by atoms with van der Waals surface area (Å²) in [6.45, 7) is 5.60. The fourth-order valence-electron chi connectivity index (χ4n) is 3.12. The molecule has 1 aliphatic carbocycles. The Labute approximate surface area is 128 Å². The Morgan fingerprint density at radius 1 is 1.19 bits per heavy atom. The highest BCUT2D eigenvalue weighted by atomic mass is 32.2. The number of primary sulfonamides is 1. The molecule has 118 valence electrons. The Morgan fingerprint density at radius 3 is 2.48 bits per heavy atom. The van der Waals surface area contributed by atoms with E-state index in [1.807, 2.05) is 12.1 Å². The number of hydrogen-bond acceptors (Lipinski definition) is 3. The summed E-state index contributed by atoms with van der Waals surface area (Å²) in [5, 5.41) is 8.74. The highest BCUT2D eigenvalue weighted by Gasteiger charge is 2.26. The lowest BCUT2D eigenvalue weighted by atomic mass is 9.78. The maximum absolute atomic E-state index is 11.2. The average Bonchev–Trinajstić information content (AvgIpc) is 2.43. The summed E-state index contributed by atoms with van der Waals surface area (Å²) in [7, 11) is -3.59. The van der Waals surface area contributed by atoms with Crippen LogP contribution in [0.25, 0.3) is 0 Å². The van der Waals surface area contributed by atoms with Gasteiger partial charge in [0.1, 0.15) is 0 Å². The van der Waals surface area contributed by atoms with E-state index in [9.17, 15) is 8.42 Å². The zero-order valence-corrected chi connectivity index (χ0v) is 13.7. The molecule has 0 aliphatic heterocycles. The van der Waals surface area contributed by atoms with E-state index >= 15 is 0 Å². The molecular formula is C16H26N2O2S. The van der Waals surface area contributed by atoms with Crippen LogP contribution in [0.5, 0.6) is 0 Å². The molecule has 0 heterocycles. The number of sulfonamides is 1. The van der Waals surface area contributed by atoms with Crippen molar-refractivity contribution in [2.45, 2.75) is 50.5 Å². The maximum atomic E-state index is 11.2. The molecule has 0 spiro atoms. The fraction of sp³-hybridized carbons (Fsp3) is 0.625. The van der Waals surface area contributed by atoms with Gasteiger partial charge in [-0.05, 0) is 48.9 Å². The van der Waals surface area contributed by atoms with Crippen LogP contribution in [0, 0.1) is 11.8 Å². The Morgan fingerprint density at radius 2 is 1.86 bits per heavy atom. The van der Waals surface area contributed by atoms with Gasteiger partial charge in [-0.2, -0.15) is 0 Å². The first-order valence-electron chi connectivity index (χ1n) is 7.73. The molecule has 21 heavy (non-hydrogen) atoms. The van der Waals surface area contributed by atoms with Crippen molar-refractivity contribution in [1.82, 2.24) is 5.32 Å². The van der Waals surface area contributed by atoms with Crippen molar-refractivity contribution in [3.05, 3.63) is 29.8 Å². The maximum Gasteiger partial charge on any atom is 0.238 e. The minimum atomic E-state index is -3.59. The highest BCUT2D eigenvalue weighted by Crippen LogP contribution is 2.29. The second kappa shape index (κ2) is 6.90. The lowest BCUT2D eigenvalue weighted by Crippen LogP contribution is -2.41. The number of rotatable bonds is 5. The van der Waals surface area contributed by atoms with Gasteiger partial charge < -0.3 is 5.32 Å². The number of nitrogens with one attached hydrogen (secondary N) is 1. The molecule has 3 unspecified atom stereocenters. The molecule has 4 nitrogen and oxygen atoms in total. The predicted octanol–water partition coefficient (Wildman–Crippen LogP) is 2.29. The van der Waals surface area contributed by atoms with Gasteiger partial charge in [0.2, 0.25) is 10.0 Å². The minimum Gasteiger partial charge on any atom is -0.313 e. The highest BCUT2D eigenvalue weighted by molar-refractivity contribution is 7.89. The summed E-state index contributed by atoms with van der Waals surface area (Å²) in [4.78, 5) is 0.175. The first kappa shape index (κ1) is 16.5. The van der Waals surface area contributed by atoms with Gasteiger partial charge in [0.05, 0.1) is 4.90 Å². The fourth-order valence-corrected chi connectivity index (χ4v) is 3.63. The Bertz CT molecular complexity index is 554. The van der Waals surface area contributed by atoms with Gasteiger partial charge in [-0.3, -0.25) is 0 Å². The van der Waals surface area contributed by atoms with Gasteiger partial charge in [-0.15, -0.1) is 0 Å². The van der Waals surface area contributed by atoms with Crippen molar-refractivity contribution in [2.75, 3.05) is 6.54 Å². The quantitative estimate of drug-likeness (QED) is 0.876. The molecule has 0 aromatic heterocycles. The molecule has 3 N–H and O–H groups in total. The Hall–Kier alpha value is -0.910. The van der Waals surface area contributed by atoms with E-state index < -0.39 is 10.0 Å². The first-order valence-corrected chi connectivity index (χ1v) is 9.27. The van der Waals surface area contributed by atoms with Crippen molar-refractivity contribution < 1.29 is 8.42 Å². The lowest BCUT2D eigenvalue weighted by Gasteiger charge is -2.34. The molecule has 1 aromatic rings. The van der Waals surface area contributed by atoms with E-state index in [4.69, 9.17) is 5.14 Å². The molecule has 0 amide bonds. The van der Waals surface area contributed by atoms with Crippen LogP contribution in [-0.2, 0) is 16.4 Å². The molecule has 0 saturated heterocycles. The van der Waals surface area contributed by atoms with Crippen molar-refractivity contribution in [2.24, 2.45) is 17.0 Å². The topological polar surface area (TPSA) is 72.2 Å². The van der Waals surface area contributed by atoms with E-state index in [-0.39, 0.29) is 4.90 Å². The molecule has 1 aliphatic rings. The van der Waals surface area contributed by atoms with Crippen molar-refractivity contribution >= 4 is 10.0 Å². The summed E-state index contributed by atoms with van der Waals surface area (Å²) in [6, 6.07) is 7.45. The zero-order chi connectivity index (χ0) is 15.5. The summed E-state index contributed by atoms with van der Waals surface area (Å²) in [6.07, 6.45) is 4.82. The summed E-state index contributed by atoms with van der Waals surface area (Å²) in [5.74, 6) is 1.52. The van der Waals surface area contributed by atoms with Crippen LogP contribution in [0.2, 0.25) is 0 Å². The Kier molecular flexibility index (Phi) is 5.41. The number of nitrogens with two attached hydrogens (primary N) is 1. The van der Waals surface area contributed by atoms with Crippen LogP contribution in [0.1, 0.15) is 38.7 Å². The van der Waals surface area contributed by atoms with E-state index in [0.29, 0.717) is 6.04 Å². The second-order valence-electron chi connectivity index (χ2n) is 6.27. The molecule has 1 aromatic carbocycles. The molecule has 1 fully saturated rings. The average molecular weight is 310 g/mol. The minimum absolute atomic E-state index is 0.175. The summed E-state index contributed by atoms with van der Waals surface area (Å²) >= 11 is 0. The predicted molar refractivity (Wildman–Crippen MR) is 85.5 cm³/mol. The lowest BCUT2D eigenvalue weighted by molar-refractivity contribution is 0.208. The van der Waals surface area contributed by atoms with E-state index in [2.05, 4.69) is 19.2 Å². The normalized spacial score (nSPS) is 26.7. The molecule has 0 bridgehead atoms. The molecule has 1 saturated carbocycles. The van der Waals surface area contributed by atoms with Crippen LogP contribution in [-0.4, -0.2) is 21.0 Å². The Balaban J connectivity index is 1.83. The standard InChI is InChI=1S/C16H26N2O2S/c1-12-4-3-5-16(13(12)2)18-11-10-14-6-8-15(9-7-14)21(17,19)20/h6-9,12-13,16,18H,3-5,10-11H2,1-2H3,(H2,17,19,20). The van der Waals surface area contributed by atoms with E-state index in [0.717, 1.165) is 30.4 Å². The van der Waals surface area contributed by atoms with Crippen LogP contribution < -0.4 is 10.5 Å². The van der Waals surface area contributed by atoms with Crippen LogP contribution in [0.3, 0.4) is 0 Å². The van der Waals surface area contributed by atoms with E-state index in [1.165, 1.54) is 19.3 Å². The van der Waals surface area contributed by atoms with Gasteiger partial charge in [0.15, 0.2) is 0 Å². The molecule has 0 radical (unpaired) electrons. The van der Waals surface area contributed by atoms with E-state index in [1.54, 1.807) is 12.1 Å². The third-order valence-corrected chi connectivity index (χ3v) is 5.71. The second-order valence-corrected chi connectivity index (χ2v) is 7.83. The van der Waals surface area contributed by atoms with Crippen molar-refractivity contribution in [1.29, 1.82) is 0 Å². The molecule has 2 rings (SSSR count). The first-order chi connectivity index (χ1) is 9.88. The summed E-state index contributed by atoms with van der Waals surface area (Å²) in [5.41, 5.74) is 1.13. The molecule has 5 heteroatoms. The number of benzene rings is 1. The van der Waals surface area contributed by atoms with Gasteiger partial charge in [-0.25, -0.2) is 13.6 Å². The van der Waals surface area contributed by atoms with Gasteiger partial charge >= 0.3 is 0 Å². The largest absolute Gasteiger partial charge is 0.313 e. The smallest absolute Gasteiger partial charge is 0.238 e. The summed E-state index contributed by atoms with van der Waals surface area (Å²) < 4.78 is 22.4. The number of hydrogen-bond donors (Lipinski definition) is 2. The SMILES string of the molecule is CC1CCCC(NCCc2ccc(S(N)(=O)=O)cc2)C1C. The molecular weight excluding hydrogens is 284 g/mol. The van der Waals surface area contributed by atoms with Crippen molar-refractivity contribution in [3.63, 3.8) is 0 Å². The third-order valence-electron chi connectivity index (χ3n) is 4.78. The van der Waals surface area contributed by atoms with Gasteiger partial charge in [0.25, 0.3) is 0 Å². The molecule has 3 atom stereocenters. The third kappa shape index (κ3) is 4.53. The van der Waals surface area contributed by atoms with Crippen LogP contribution in [0.4, 0.5) is 0 Å². The van der Waals surface area contributed by atoms with Crippen molar-refractivity contribution in [3.8, 4) is 0 Å². The monoisotopic (exact) mass is 310 g/mol. The zero-order valence-electron chi connectivity index (χ0n) is 12.9. The van der Waals surface area contributed by atoms with Gasteiger partial charge in [0, 0.05) is 6.04 Å². The van der Waals surface area contributed by atoms with Gasteiger partial charge in [-0.1, -0.05) is 38.8 Å².